The molecule has 0 heterocycles. The number of Topliss-reactive ketones (excluding diaryl/α,β-unsaturated/α-hetero) is 1. The summed E-state index contributed by atoms with van der Waals surface area (Å²) in [5, 5.41) is 15.3. The number of carbonyl (C=O) groups is 3. The molecule has 24 heavy (non-hydrogen) atoms. The van der Waals surface area contributed by atoms with Crippen LogP contribution in [-0.4, -0.2) is 41.7 Å². The Balaban J connectivity index is 0.000000640. The molecule has 0 saturated carbocycles. The summed E-state index contributed by atoms with van der Waals surface area (Å²) in [6, 6.07) is 9.17. The van der Waals surface area contributed by atoms with E-state index in [-0.39, 0.29) is 18.8 Å². The van der Waals surface area contributed by atoms with Crippen molar-refractivity contribution in [2.45, 2.75) is 18.6 Å². The maximum Gasteiger partial charge on any atom is 0.490 e. The number of ether oxygens (including phenoxy) is 1. The van der Waals surface area contributed by atoms with Crippen molar-refractivity contribution in [3.05, 3.63) is 35.9 Å². The number of carboxylic acid groups (broad SMARTS) is 1. The van der Waals surface area contributed by atoms with Crippen LogP contribution < -0.4 is 5.73 Å². The van der Waals surface area contributed by atoms with E-state index in [1.807, 2.05) is 0 Å². The second kappa shape index (κ2) is 9.96. The molecule has 0 aromatic heterocycles. The molecule has 0 bridgehead atoms. The van der Waals surface area contributed by atoms with Crippen LogP contribution in [0.2, 0.25) is 0 Å². The van der Waals surface area contributed by atoms with Crippen molar-refractivity contribution in [1.82, 2.24) is 0 Å². The minimum Gasteiger partial charge on any atom is -0.475 e. The van der Waals surface area contributed by atoms with Gasteiger partial charge in [-0.25, -0.2) is 4.79 Å². The number of benzene rings is 1. The molecule has 130 valence electrons. The lowest BCUT2D eigenvalue weighted by Crippen LogP contribution is -2.34. The number of nitrogens with zero attached hydrogens (tertiary/aromatic N) is 1. The lowest BCUT2D eigenvalue weighted by Gasteiger charge is -2.08. The first-order chi connectivity index (χ1) is 11.1. The number of rotatable bonds is 5. The quantitative estimate of drug-likeness (QED) is 0.606. The van der Waals surface area contributed by atoms with Gasteiger partial charge in [-0.05, 0) is 0 Å². The Morgan fingerprint density at radius 1 is 1.25 bits per heavy atom. The molecule has 0 amide bonds. The molecule has 1 rings (SSSR count). The van der Waals surface area contributed by atoms with Crippen molar-refractivity contribution < 1.29 is 37.4 Å². The van der Waals surface area contributed by atoms with E-state index in [1.165, 1.54) is 0 Å². The zero-order chi connectivity index (χ0) is 18.8. The van der Waals surface area contributed by atoms with Crippen molar-refractivity contribution in [3.8, 4) is 6.07 Å². The number of alkyl halides is 3. The highest BCUT2D eigenvalue weighted by molar-refractivity contribution is 5.98. The van der Waals surface area contributed by atoms with E-state index in [0.717, 1.165) is 0 Å². The highest BCUT2D eigenvalue weighted by atomic mass is 19.4. The number of nitriles is 1. The van der Waals surface area contributed by atoms with Gasteiger partial charge in [0.05, 0.1) is 0 Å². The van der Waals surface area contributed by atoms with E-state index in [9.17, 15) is 22.8 Å². The first-order valence-electron chi connectivity index (χ1n) is 6.27. The Labute approximate surface area is 134 Å². The van der Waals surface area contributed by atoms with Gasteiger partial charge in [-0.3, -0.25) is 9.59 Å². The summed E-state index contributed by atoms with van der Waals surface area (Å²) in [5.41, 5.74) is 5.99. The highest BCUT2D eigenvalue weighted by Crippen LogP contribution is 2.13. The van der Waals surface area contributed by atoms with E-state index in [2.05, 4.69) is 4.74 Å². The number of carbonyl (C=O) groups excluding carboxylic acids is 2. The van der Waals surface area contributed by atoms with Gasteiger partial charge in [0.25, 0.3) is 0 Å². The van der Waals surface area contributed by atoms with Gasteiger partial charge < -0.3 is 15.6 Å². The first-order valence-corrected chi connectivity index (χ1v) is 6.27. The lowest BCUT2D eigenvalue weighted by molar-refractivity contribution is -0.192. The van der Waals surface area contributed by atoms with Gasteiger partial charge >= 0.3 is 18.1 Å². The van der Waals surface area contributed by atoms with Gasteiger partial charge in [-0.1, -0.05) is 30.3 Å². The van der Waals surface area contributed by atoms with Gasteiger partial charge in [0.1, 0.15) is 12.1 Å². The molecular weight excluding hydrogens is 333 g/mol. The fourth-order valence-corrected chi connectivity index (χ4v) is 1.24. The molecule has 0 aliphatic rings. The van der Waals surface area contributed by atoms with Crippen molar-refractivity contribution in [2.75, 3.05) is 6.61 Å². The number of aliphatic carboxylic acids is 1. The maximum atomic E-state index is 11.7. The third-order valence-electron chi connectivity index (χ3n) is 2.33. The minimum atomic E-state index is -5.08. The zero-order valence-corrected chi connectivity index (χ0v) is 12.1. The van der Waals surface area contributed by atoms with E-state index < -0.39 is 24.2 Å². The summed E-state index contributed by atoms with van der Waals surface area (Å²) in [4.78, 5) is 31.8. The molecule has 0 saturated heterocycles. The minimum absolute atomic E-state index is 0.131. The molecule has 1 atom stereocenters. The van der Waals surface area contributed by atoms with Crippen molar-refractivity contribution >= 4 is 17.7 Å². The molecule has 1 unspecified atom stereocenters. The van der Waals surface area contributed by atoms with Gasteiger partial charge in [0.2, 0.25) is 0 Å². The van der Waals surface area contributed by atoms with Crippen molar-refractivity contribution in [1.29, 1.82) is 5.26 Å². The molecule has 0 radical (unpaired) electrons. The summed E-state index contributed by atoms with van der Waals surface area (Å²) in [7, 11) is 0. The van der Waals surface area contributed by atoms with Crippen molar-refractivity contribution in [3.63, 3.8) is 0 Å². The van der Waals surface area contributed by atoms with Crippen LogP contribution >= 0.6 is 0 Å². The van der Waals surface area contributed by atoms with Crippen LogP contribution in [0, 0.1) is 11.3 Å². The van der Waals surface area contributed by atoms with Crippen LogP contribution in [0.25, 0.3) is 0 Å². The average molecular weight is 346 g/mol. The summed E-state index contributed by atoms with van der Waals surface area (Å²) in [6.45, 7) is -0.355. The van der Waals surface area contributed by atoms with Crippen LogP contribution in [0.1, 0.15) is 16.8 Å². The summed E-state index contributed by atoms with van der Waals surface area (Å²) >= 11 is 0. The second-order valence-electron chi connectivity index (χ2n) is 4.17. The van der Waals surface area contributed by atoms with E-state index in [0.29, 0.717) is 5.56 Å². The van der Waals surface area contributed by atoms with Crippen LogP contribution in [0.5, 0.6) is 0 Å². The van der Waals surface area contributed by atoms with Crippen LogP contribution in [-0.2, 0) is 14.3 Å². The number of nitrogens with two attached hydrogens (primary N) is 1. The first kappa shape index (κ1) is 21.1. The Hall–Kier alpha value is -2.93. The van der Waals surface area contributed by atoms with Crippen molar-refractivity contribution in [2.24, 2.45) is 5.73 Å². The van der Waals surface area contributed by atoms with Gasteiger partial charge in [0, 0.05) is 12.0 Å². The normalized spacial score (nSPS) is 11.3. The average Bonchev–Trinajstić information content (AvgIpc) is 2.52. The molecule has 1 aromatic carbocycles. The van der Waals surface area contributed by atoms with Gasteiger partial charge in [0.15, 0.2) is 12.4 Å². The Kier molecular flexibility index (Phi) is 8.74. The largest absolute Gasteiger partial charge is 0.490 e. The standard InChI is InChI=1S/C12H12N2O3.C2HF3O2/c13-6-7-17-12(16)10(14)8-11(15)9-4-2-1-3-5-9;3-2(4,5)1(6)7/h1-5,10H,7-8,14H2;(H,6,7). The number of ketones is 1. The Morgan fingerprint density at radius 3 is 2.17 bits per heavy atom. The number of halogens is 3. The predicted octanol–water partition coefficient (Wildman–Crippen LogP) is 1.29. The molecule has 3 N–H and O–H groups in total. The Morgan fingerprint density at radius 2 is 1.75 bits per heavy atom. The molecule has 0 spiro atoms. The number of carboxylic acids is 1. The third-order valence-corrected chi connectivity index (χ3v) is 2.33. The predicted molar refractivity (Wildman–Crippen MR) is 73.6 cm³/mol. The number of esters is 1. The number of hydrogen-bond donors (Lipinski definition) is 2. The summed E-state index contributed by atoms with van der Waals surface area (Å²) in [5.74, 6) is -3.73. The third kappa shape index (κ3) is 8.50. The lowest BCUT2D eigenvalue weighted by atomic mass is 10.0. The number of hydrogen-bond acceptors (Lipinski definition) is 6. The molecule has 7 nitrogen and oxygen atoms in total. The van der Waals surface area contributed by atoms with E-state index in [1.54, 1.807) is 36.4 Å². The smallest absolute Gasteiger partial charge is 0.475 e. The monoisotopic (exact) mass is 346 g/mol. The maximum absolute atomic E-state index is 11.7. The molecular formula is C14H13F3N2O5. The van der Waals surface area contributed by atoms with Crippen LogP contribution in [0.3, 0.4) is 0 Å². The molecule has 0 fully saturated rings. The van der Waals surface area contributed by atoms with Crippen LogP contribution in [0.4, 0.5) is 13.2 Å². The Bertz CT molecular complexity index is 611. The van der Waals surface area contributed by atoms with E-state index >= 15 is 0 Å². The van der Waals surface area contributed by atoms with Crippen LogP contribution in [0.15, 0.2) is 30.3 Å². The highest BCUT2D eigenvalue weighted by Gasteiger charge is 2.38. The summed E-state index contributed by atoms with van der Waals surface area (Å²) < 4.78 is 36.2. The van der Waals surface area contributed by atoms with E-state index in [4.69, 9.17) is 20.9 Å². The fraction of sp³-hybridized carbons (Fsp3) is 0.286. The van der Waals surface area contributed by atoms with Gasteiger partial charge in [-0.15, -0.1) is 0 Å². The topological polar surface area (TPSA) is 130 Å². The molecule has 0 aliphatic carbocycles. The molecule has 0 aliphatic heterocycles. The molecule has 10 heteroatoms. The fourth-order valence-electron chi connectivity index (χ4n) is 1.24. The zero-order valence-electron chi connectivity index (χ0n) is 12.1. The second-order valence-corrected chi connectivity index (χ2v) is 4.17. The molecule has 1 aromatic rings. The van der Waals surface area contributed by atoms with Gasteiger partial charge in [-0.2, -0.15) is 18.4 Å². The summed E-state index contributed by atoms with van der Waals surface area (Å²) in [6.07, 6.45) is -5.21. The SMILES string of the molecule is N#CCOC(=O)C(N)CC(=O)c1ccccc1.O=C(O)C(F)(F)F.